The summed E-state index contributed by atoms with van der Waals surface area (Å²) in [4.78, 5) is 15.4. The van der Waals surface area contributed by atoms with E-state index in [1.54, 1.807) is 23.0 Å². The number of carboxylic acid groups (broad SMARTS) is 1. The second-order valence-corrected chi connectivity index (χ2v) is 3.89. The van der Waals surface area contributed by atoms with Crippen LogP contribution in [-0.2, 0) is 6.42 Å². The number of aromatic carboxylic acids is 1. The molecule has 0 unspecified atom stereocenters. The summed E-state index contributed by atoms with van der Waals surface area (Å²) >= 11 is 0. The zero-order valence-electron chi connectivity index (χ0n) is 8.60. The standard InChI is InChI=1S/C11H11N3O2/c15-11(16)8-6-14-5-4-13-10(14)9-7(8)2-1-3-12-9/h4-6,12H,1-3H2,(H,15,16). The topological polar surface area (TPSA) is 66.6 Å². The number of aromatic nitrogens is 2. The molecule has 2 N–H and O–H groups in total. The highest BCUT2D eigenvalue weighted by atomic mass is 16.4. The number of hydrogen-bond acceptors (Lipinski definition) is 3. The van der Waals surface area contributed by atoms with Crippen LogP contribution in [0.2, 0.25) is 0 Å². The molecule has 2 aromatic heterocycles. The first kappa shape index (κ1) is 9.21. The van der Waals surface area contributed by atoms with Gasteiger partial charge in [0.1, 0.15) is 0 Å². The Morgan fingerprint density at radius 2 is 2.44 bits per heavy atom. The average molecular weight is 217 g/mol. The molecular weight excluding hydrogens is 206 g/mol. The highest BCUT2D eigenvalue weighted by molar-refractivity contribution is 5.93. The molecule has 1 aliphatic rings. The van der Waals surface area contributed by atoms with Crippen molar-refractivity contribution >= 4 is 17.3 Å². The van der Waals surface area contributed by atoms with Crippen LogP contribution in [0.5, 0.6) is 0 Å². The summed E-state index contributed by atoms with van der Waals surface area (Å²) in [6, 6.07) is 0. The van der Waals surface area contributed by atoms with Gasteiger partial charge in [0, 0.05) is 25.1 Å². The fourth-order valence-electron chi connectivity index (χ4n) is 2.21. The molecule has 1 aliphatic heterocycles. The first-order valence-corrected chi connectivity index (χ1v) is 5.23. The molecular formula is C11H11N3O2. The fraction of sp³-hybridized carbons (Fsp3) is 0.273. The first-order chi connectivity index (χ1) is 7.77. The van der Waals surface area contributed by atoms with Crippen molar-refractivity contribution in [3.63, 3.8) is 0 Å². The third-order valence-corrected chi connectivity index (χ3v) is 2.92. The molecule has 0 saturated carbocycles. The normalized spacial score (nSPS) is 14.5. The summed E-state index contributed by atoms with van der Waals surface area (Å²) in [5, 5.41) is 12.4. The van der Waals surface area contributed by atoms with Crippen LogP contribution in [0.15, 0.2) is 18.6 Å². The lowest BCUT2D eigenvalue weighted by atomic mass is 10.00. The first-order valence-electron chi connectivity index (χ1n) is 5.23. The van der Waals surface area contributed by atoms with Crippen LogP contribution in [-0.4, -0.2) is 27.0 Å². The Bertz CT molecular complexity index is 574. The predicted octanol–water partition coefficient (Wildman–Crippen LogP) is 1.39. The van der Waals surface area contributed by atoms with Crippen molar-refractivity contribution in [3.05, 3.63) is 29.7 Å². The fourth-order valence-corrected chi connectivity index (χ4v) is 2.21. The monoisotopic (exact) mass is 217 g/mol. The number of nitrogens with zero attached hydrogens (tertiary/aromatic N) is 2. The van der Waals surface area contributed by atoms with Crippen molar-refractivity contribution in [3.8, 4) is 0 Å². The van der Waals surface area contributed by atoms with Crippen LogP contribution < -0.4 is 5.32 Å². The largest absolute Gasteiger partial charge is 0.478 e. The maximum Gasteiger partial charge on any atom is 0.337 e. The van der Waals surface area contributed by atoms with Crippen molar-refractivity contribution in [2.75, 3.05) is 11.9 Å². The molecule has 82 valence electrons. The van der Waals surface area contributed by atoms with Gasteiger partial charge in [-0.3, -0.25) is 0 Å². The number of carboxylic acids is 1. The summed E-state index contributed by atoms with van der Waals surface area (Å²) in [5.41, 5.74) is 2.92. The Morgan fingerprint density at radius 1 is 1.56 bits per heavy atom. The number of fused-ring (bicyclic) bond motifs is 3. The molecule has 0 amide bonds. The number of pyridine rings is 1. The van der Waals surface area contributed by atoms with Gasteiger partial charge in [-0.25, -0.2) is 9.78 Å². The number of carbonyl (C=O) groups is 1. The average Bonchev–Trinajstić information content (AvgIpc) is 2.75. The summed E-state index contributed by atoms with van der Waals surface area (Å²) in [5.74, 6) is -0.879. The van der Waals surface area contributed by atoms with E-state index < -0.39 is 5.97 Å². The Kier molecular flexibility index (Phi) is 1.86. The van der Waals surface area contributed by atoms with Crippen LogP contribution in [0.1, 0.15) is 22.3 Å². The summed E-state index contributed by atoms with van der Waals surface area (Å²) in [7, 11) is 0. The lowest BCUT2D eigenvalue weighted by molar-refractivity contribution is 0.0695. The Hall–Kier alpha value is -2.04. The maximum absolute atomic E-state index is 11.2. The zero-order chi connectivity index (χ0) is 11.1. The van der Waals surface area contributed by atoms with E-state index in [1.807, 2.05) is 0 Å². The lowest BCUT2D eigenvalue weighted by Crippen LogP contribution is -2.17. The number of hydrogen-bond donors (Lipinski definition) is 2. The van der Waals surface area contributed by atoms with Gasteiger partial charge >= 0.3 is 5.97 Å². The van der Waals surface area contributed by atoms with Gasteiger partial charge in [0.05, 0.1) is 11.3 Å². The molecule has 0 fully saturated rings. The van der Waals surface area contributed by atoms with Gasteiger partial charge in [-0.15, -0.1) is 0 Å². The molecule has 3 heterocycles. The minimum absolute atomic E-state index is 0.368. The molecule has 0 spiro atoms. The van der Waals surface area contributed by atoms with Crippen molar-refractivity contribution in [2.24, 2.45) is 0 Å². The van der Waals surface area contributed by atoms with Crippen molar-refractivity contribution in [2.45, 2.75) is 12.8 Å². The third-order valence-electron chi connectivity index (χ3n) is 2.92. The minimum atomic E-state index is -0.879. The van der Waals surface area contributed by atoms with E-state index in [2.05, 4.69) is 10.3 Å². The summed E-state index contributed by atoms with van der Waals surface area (Å²) in [6.45, 7) is 0.874. The Labute approximate surface area is 91.7 Å². The summed E-state index contributed by atoms with van der Waals surface area (Å²) < 4.78 is 1.75. The SMILES string of the molecule is O=C(O)c1cn2ccnc2c2c1CCCN2. The van der Waals surface area contributed by atoms with Gasteiger partial charge in [0.2, 0.25) is 0 Å². The molecule has 5 heteroatoms. The van der Waals surface area contributed by atoms with Crippen molar-refractivity contribution in [1.82, 2.24) is 9.38 Å². The highest BCUT2D eigenvalue weighted by Crippen LogP contribution is 2.29. The zero-order valence-corrected chi connectivity index (χ0v) is 8.60. The predicted molar refractivity (Wildman–Crippen MR) is 59.0 cm³/mol. The quantitative estimate of drug-likeness (QED) is 0.757. The highest BCUT2D eigenvalue weighted by Gasteiger charge is 2.20. The van der Waals surface area contributed by atoms with E-state index in [0.717, 1.165) is 36.3 Å². The van der Waals surface area contributed by atoms with E-state index in [1.165, 1.54) is 0 Å². The Morgan fingerprint density at radius 3 is 3.25 bits per heavy atom. The molecule has 0 atom stereocenters. The molecule has 0 bridgehead atoms. The van der Waals surface area contributed by atoms with Crippen LogP contribution in [0.4, 0.5) is 5.69 Å². The van der Waals surface area contributed by atoms with Crippen molar-refractivity contribution < 1.29 is 9.90 Å². The number of imidazole rings is 1. The van der Waals surface area contributed by atoms with Crippen LogP contribution in [0.25, 0.3) is 5.65 Å². The molecule has 5 nitrogen and oxygen atoms in total. The van der Waals surface area contributed by atoms with Crippen LogP contribution in [0, 0.1) is 0 Å². The number of rotatable bonds is 1. The van der Waals surface area contributed by atoms with Crippen LogP contribution in [0.3, 0.4) is 0 Å². The van der Waals surface area contributed by atoms with E-state index in [4.69, 9.17) is 0 Å². The second-order valence-electron chi connectivity index (χ2n) is 3.89. The molecule has 16 heavy (non-hydrogen) atoms. The smallest absolute Gasteiger partial charge is 0.337 e. The molecule has 0 aliphatic carbocycles. The van der Waals surface area contributed by atoms with E-state index in [-0.39, 0.29) is 0 Å². The van der Waals surface area contributed by atoms with Gasteiger partial charge in [-0.1, -0.05) is 0 Å². The van der Waals surface area contributed by atoms with Gasteiger partial charge < -0.3 is 14.8 Å². The minimum Gasteiger partial charge on any atom is -0.478 e. The van der Waals surface area contributed by atoms with Gasteiger partial charge in [0.15, 0.2) is 5.65 Å². The Balaban J connectivity index is 2.37. The molecule has 2 aromatic rings. The maximum atomic E-state index is 11.2. The lowest BCUT2D eigenvalue weighted by Gasteiger charge is -2.20. The van der Waals surface area contributed by atoms with Gasteiger partial charge in [0.25, 0.3) is 0 Å². The molecule has 3 rings (SSSR count). The van der Waals surface area contributed by atoms with E-state index in [0.29, 0.717) is 5.56 Å². The van der Waals surface area contributed by atoms with Crippen LogP contribution >= 0.6 is 0 Å². The van der Waals surface area contributed by atoms with E-state index in [9.17, 15) is 9.90 Å². The van der Waals surface area contributed by atoms with Gasteiger partial charge in [-0.2, -0.15) is 0 Å². The van der Waals surface area contributed by atoms with Crippen molar-refractivity contribution in [1.29, 1.82) is 0 Å². The van der Waals surface area contributed by atoms with E-state index >= 15 is 0 Å². The molecule has 0 aromatic carbocycles. The molecule has 0 radical (unpaired) electrons. The number of nitrogens with one attached hydrogen (secondary N) is 1. The molecule has 0 saturated heterocycles. The summed E-state index contributed by atoms with van der Waals surface area (Å²) in [6.07, 6.45) is 6.84. The van der Waals surface area contributed by atoms with Gasteiger partial charge in [-0.05, 0) is 18.4 Å². The second kappa shape index (κ2) is 3.23. The number of anilines is 1. The third kappa shape index (κ3) is 1.18.